The molecule has 3 nitrogen and oxygen atoms in total. The van der Waals surface area contributed by atoms with E-state index in [0.29, 0.717) is 11.5 Å². The summed E-state index contributed by atoms with van der Waals surface area (Å²) in [4.78, 5) is 11.9. The fraction of sp³-hybridized carbons (Fsp3) is 0.471. The Kier molecular flexibility index (Phi) is 5.37. The molecule has 2 atom stereocenters. The first-order chi connectivity index (χ1) is 10.1. The van der Waals surface area contributed by atoms with E-state index in [1.807, 2.05) is 0 Å². The van der Waals surface area contributed by atoms with E-state index in [1.165, 1.54) is 38.5 Å². The van der Waals surface area contributed by atoms with Crippen LogP contribution in [0.3, 0.4) is 0 Å². The fourth-order valence-electron chi connectivity index (χ4n) is 2.72. The number of benzene rings is 1. The topological polar surface area (TPSA) is 38.3 Å². The minimum Gasteiger partial charge on any atom is -0.494 e. The average Bonchev–Trinajstić information content (AvgIpc) is 2.48. The Balaban J connectivity index is 1.94. The van der Waals surface area contributed by atoms with E-state index in [4.69, 9.17) is 4.74 Å². The lowest BCUT2D eigenvalue weighted by molar-refractivity contribution is -0.117. The molecule has 4 heteroatoms. The van der Waals surface area contributed by atoms with E-state index >= 15 is 0 Å². The molecule has 114 valence electrons. The van der Waals surface area contributed by atoms with Gasteiger partial charge in [-0.1, -0.05) is 25.8 Å². The van der Waals surface area contributed by atoms with E-state index in [1.54, 1.807) is 18.2 Å². The first-order valence-corrected chi connectivity index (χ1v) is 7.42. The largest absolute Gasteiger partial charge is 0.494 e. The average molecular weight is 291 g/mol. The van der Waals surface area contributed by atoms with Crippen molar-refractivity contribution in [2.24, 2.45) is 5.92 Å². The molecular weight excluding hydrogens is 269 g/mol. The second-order valence-electron chi connectivity index (χ2n) is 5.60. The number of hydrogen-bond donors (Lipinski definition) is 1. The van der Waals surface area contributed by atoms with Crippen molar-refractivity contribution in [1.82, 2.24) is 5.32 Å². The van der Waals surface area contributed by atoms with Crippen molar-refractivity contribution >= 4 is 12.0 Å². The summed E-state index contributed by atoms with van der Waals surface area (Å²) in [6.45, 7) is 2.17. The van der Waals surface area contributed by atoms with Crippen molar-refractivity contribution in [3.63, 3.8) is 0 Å². The predicted molar refractivity (Wildman–Crippen MR) is 81.5 cm³/mol. The summed E-state index contributed by atoms with van der Waals surface area (Å²) in [5.41, 5.74) is 0.639. The minimum atomic E-state index is -0.430. The molecule has 0 aromatic heterocycles. The van der Waals surface area contributed by atoms with Crippen LogP contribution in [0.15, 0.2) is 24.3 Å². The van der Waals surface area contributed by atoms with Crippen molar-refractivity contribution in [2.75, 3.05) is 7.11 Å². The number of carbonyl (C=O) groups is 1. The molecule has 0 radical (unpaired) electrons. The predicted octanol–water partition coefficient (Wildman–Crippen LogP) is 3.54. The van der Waals surface area contributed by atoms with E-state index in [2.05, 4.69) is 12.2 Å². The molecule has 0 spiro atoms. The van der Waals surface area contributed by atoms with Gasteiger partial charge >= 0.3 is 0 Å². The first kappa shape index (κ1) is 15.5. The number of ether oxygens (including phenoxy) is 1. The van der Waals surface area contributed by atoms with E-state index in [-0.39, 0.29) is 17.7 Å². The lowest BCUT2D eigenvalue weighted by Crippen LogP contribution is -2.40. The van der Waals surface area contributed by atoms with Crippen molar-refractivity contribution in [1.29, 1.82) is 0 Å². The first-order valence-electron chi connectivity index (χ1n) is 7.42. The molecule has 2 rings (SSSR count). The van der Waals surface area contributed by atoms with Gasteiger partial charge in [-0.3, -0.25) is 4.79 Å². The van der Waals surface area contributed by atoms with Crippen LogP contribution < -0.4 is 10.1 Å². The number of methoxy groups -OCH3 is 1. The van der Waals surface area contributed by atoms with E-state index < -0.39 is 5.82 Å². The van der Waals surface area contributed by atoms with Gasteiger partial charge in [0.05, 0.1) is 7.11 Å². The van der Waals surface area contributed by atoms with Gasteiger partial charge < -0.3 is 10.1 Å². The normalized spacial score (nSPS) is 22.2. The molecule has 0 unspecified atom stereocenters. The van der Waals surface area contributed by atoms with Gasteiger partial charge in [-0.05, 0) is 42.5 Å². The van der Waals surface area contributed by atoms with Gasteiger partial charge in [-0.2, -0.15) is 0 Å². The highest BCUT2D eigenvalue weighted by atomic mass is 19.1. The molecule has 1 aliphatic rings. The smallest absolute Gasteiger partial charge is 0.244 e. The zero-order valence-electron chi connectivity index (χ0n) is 12.6. The lowest BCUT2D eigenvalue weighted by atomic mass is 9.86. The summed E-state index contributed by atoms with van der Waals surface area (Å²) in [6.07, 6.45) is 7.70. The Hall–Kier alpha value is -1.84. The van der Waals surface area contributed by atoms with Gasteiger partial charge in [0.15, 0.2) is 11.6 Å². The quantitative estimate of drug-likeness (QED) is 0.862. The maximum Gasteiger partial charge on any atom is 0.244 e. The molecule has 1 amide bonds. The van der Waals surface area contributed by atoms with Crippen LogP contribution in [0.1, 0.15) is 38.2 Å². The highest BCUT2D eigenvalue weighted by Crippen LogP contribution is 2.23. The molecule has 1 aliphatic carbocycles. The van der Waals surface area contributed by atoms with E-state index in [0.717, 1.165) is 6.42 Å². The van der Waals surface area contributed by atoms with E-state index in [9.17, 15) is 9.18 Å². The molecule has 1 fully saturated rings. The number of hydrogen-bond acceptors (Lipinski definition) is 2. The molecule has 0 bridgehead atoms. The molecule has 0 heterocycles. The number of nitrogens with one attached hydrogen (secondary N) is 1. The lowest BCUT2D eigenvalue weighted by Gasteiger charge is -2.29. The van der Waals surface area contributed by atoms with Crippen LogP contribution in [-0.2, 0) is 4.79 Å². The Morgan fingerprint density at radius 1 is 1.38 bits per heavy atom. The highest BCUT2D eigenvalue weighted by Gasteiger charge is 2.21. The van der Waals surface area contributed by atoms with Crippen molar-refractivity contribution in [2.45, 2.75) is 38.6 Å². The summed E-state index contributed by atoms with van der Waals surface area (Å²) in [5, 5.41) is 3.03. The second kappa shape index (κ2) is 7.25. The molecule has 0 aliphatic heterocycles. The van der Waals surface area contributed by atoms with Crippen LogP contribution in [0.25, 0.3) is 6.08 Å². The third-order valence-corrected chi connectivity index (χ3v) is 4.04. The maximum atomic E-state index is 13.5. The standard InChI is InChI=1S/C17H22FNO2/c1-12-5-3-4-6-15(12)19-17(20)10-8-13-7-9-16(21-2)14(18)11-13/h7-12,15H,3-6H2,1-2H3,(H,19,20)/b10-8+/t12-,15-/m0/s1. The van der Waals surface area contributed by atoms with Crippen LogP contribution >= 0.6 is 0 Å². The minimum absolute atomic E-state index is 0.120. The molecule has 21 heavy (non-hydrogen) atoms. The zero-order valence-corrected chi connectivity index (χ0v) is 12.6. The molecular formula is C17H22FNO2. The third-order valence-electron chi connectivity index (χ3n) is 4.04. The number of halogens is 1. The number of carbonyl (C=O) groups excluding carboxylic acids is 1. The Bertz CT molecular complexity index is 528. The van der Waals surface area contributed by atoms with Crippen LogP contribution in [0.4, 0.5) is 4.39 Å². The van der Waals surface area contributed by atoms with Crippen LogP contribution in [-0.4, -0.2) is 19.1 Å². The summed E-state index contributed by atoms with van der Waals surface area (Å²) >= 11 is 0. The molecule has 1 saturated carbocycles. The summed E-state index contributed by atoms with van der Waals surface area (Å²) in [5.74, 6) is 0.174. The summed E-state index contributed by atoms with van der Waals surface area (Å²) < 4.78 is 18.4. The van der Waals surface area contributed by atoms with Gasteiger partial charge in [0.25, 0.3) is 0 Å². The molecule has 0 saturated heterocycles. The fourth-order valence-corrected chi connectivity index (χ4v) is 2.72. The van der Waals surface area contributed by atoms with Crippen molar-refractivity contribution < 1.29 is 13.9 Å². The van der Waals surface area contributed by atoms with Gasteiger partial charge in [-0.25, -0.2) is 4.39 Å². The molecule has 1 N–H and O–H groups in total. The van der Waals surface area contributed by atoms with Gasteiger partial charge in [-0.15, -0.1) is 0 Å². The SMILES string of the molecule is COc1ccc(/C=C/C(=O)N[C@H]2CCCC[C@@H]2C)cc1F. The van der Waals surface area contributed by atoms with Crippen molar-refractivity contribution in [3.05, 3.63) is 35.7 Å². The van der Waals surface area contributed by atoms with Gasteiger partial charge in [0, 0.05) is 12.1 Å². The highest BCUT2D eigenvalue weighted by molar-refractivity contribution is 5.91. The van der Waals surface area contributed by atoms with Gasteiger partial charge in [0.1, 0.15) is 0 Å². The Morgan fingerprint density at radius 2 is 2.14 bits per heavy atom. The van der Waals surface area contributed by atoms with Gasteiger partial charge in [0.2, 0.25) is 5.91 Å². The molecule has 1 aromatic carbocycles. The maximum absolute atomic E-state index is 13.5. The third kappa shape index (κ3) is 4.31. The summed E-state index contributed by atoms with van der Waals surface area (Å²) in [7, 11) is 1.42. The molecule has 1 aromatic rings. The van der Waals surface area contributed by atoms with Crippen LogP contribution in [0, 0.1) is 11.7 Å². The zero-order chi connectivity index (χ0) is 15.2. The number of amides is 1. The second-order valence-corrected chi connectivity index (χ2v) is 5.60. The van der Waals surface area contributed by atoms with Crippen LogP contribution in [0.5, 0.6) is 5.75 Å². The van der Waals surface area contributed by atoms with Crippen LogP contribution in [0.2, 0.25) is 0 Å². The summed E-state index contributed by atoms with van der Waals surface area (Å²) in [6, 6.07) is 4.88. The number of rotatable bonds is 4. The Labute approximate surface area is 125 Å². The Morgan fingerprint density at radius 3 is 2.81 bits per heavy atom. The van der Waals surface area contributed by atoms with Crippen molar-refractivity contribution in [3.8, 4) is 5.75 Å². The monoisotopic (exact) mass is 291 g/mol.